The van der Waals surface area contributed by atoms with Crippen LogP contribution in [0, 0.1) is 5.82 Å². The van der Waals surface area contributed by atoms with Gasteiger partial charge in [0.15, 0.2) is 5.69 Å². The van der Waals surface area contributed by atoms with Gasteiger partial charge in [-0.3, -0.25) is 4.79 Å². The molecular formula is C24H29FN3NaO5. The Morgan fingerprint density at radius 1 is 1.26 bits per heavy atom. The fourth-order valence-corrected chi connectivity index (χ4v) is 3.74. The molecular weight excluding hydrogens is 452 g/mol. The number of aliphatic hydroxyl groups is 2. The number of carbonyl (C=O) groups excluding carboxylic acids is 2. The molecule has 1 aromatic heterocycles. The largest absolute Gasteiger partial charge is 1.00 e. The van der Waals surface area contributed by atoms with E-state index in [9.17, 15) is 29.3 Å². The molecule has 0 aliphatic heterocycles. The molecule has 0 saturated heterocycles. The van der Waals surface area contributed by atoms with E-state index in [1.54, 1.807) is 30.2 Å². The molecule has 1 fully saturated rings. The molecule has 3 rings (SSSR count). The fraction of sp³-hybridized carbons (Fsp3) is 0.458. The van der Waals surface area contributed by atoms with E-state index in [2.05, 4.69) is 5.10 Å². The van der Waals surface area contributed by atoms with E-state index >= 15 is 0 Å². The zero-order chi connectivity index (χ0) is 24.3. The molecule has 10 heteroatoms. The first-order valence-corrected chi connectivity index (χ1v) is 11.0. The Kier molecular flexibility index (Phi) is 10.0. The molecule has 2 aromatic rings. The summed E-state index contributed by atoms with van der Waals surface area (Å²) in [4.78, 5) is 25.5. The number of aliphatic carboxylic acids is 1. The van der Waals surface area contributed by atoms with E-state index in [0.29, 0.717) is 16.9 Å². The molecule has 1 saturated carbocycles. The fourth-order valence-electron chi connectivity index (χ4n) is 3.74. The minimum atomic E-state index is -1.40. The number of rotatable bonds is 10. The average molecular weight is 482 g/mol. The molecule has 2 N–H and O–H groups in total. The third kappa shape index (κ3) is 6.99. The van der Waals surface area contributed by atoms with Crippen molar-refractivity contribution in [2.24, 2.45) is 0 Å². The number of carbonyl (C=O) groups is 2. The van der Waals surface area contributed by atoms with Crippen LogP contribution in [-0.2, 0) is 4.79 Å². The van der Waals surface area contributed by atoms with E-state index in [-0.39, 0.29) is 59.5 Å². The number of benzene rings is 1. The second-order valence-electron chi connectivity index (χ2n) is 8.73. The average Bonchev–Trinajstić information content (AvgIpc) is 3.51. The van der Waals surface area contributed by atoms with Crippen LogP contribution in [0.5, 0.6) is 0 Å². The number of halogens is 1. The number of aromatic nitrogens is 2. The minimum absolute atomic E-state index is 0. The van der Waals surface area contributed by atoms with Crippen molar-refractivity contribution in [3.8, 4) is 5.69 Å². The number of hydrogen-bond donors (Lipinski definition) is 2. The van der Waals surface area contributed by atoms with Crippen molar-refractivity contribution in [1.29, 1.82) is 0 Å². The van der Waals surface area contributed by atoms with Crippen LogP contribution in [0.2, 0.25) is 0 Å². The van der Waals surface area contributed by atoms with E-state index < -0.39 is 30.4 Å². The van der Waals surface area contributed by atoms with Crippen LogP contribution < -0.4 is 34.7 Å². The molecule has 0 spiro atoms. The first-order chi connectivity index (χ1) is 15.6. The van der Waals surface area contributed by atoms with Crippen LogP contribution in [0.15, 0.2) is 30.3 Å². The SMILES string of the molecule is CC(C)c1c(C(=O)N(C)C2CC2)nn(-c2ccc(F)cc2)c1C=C[C@H](O)C[C@@H](O)CC(=O)[O-].[Na+]. The van der Waals surface area contributed by atoms with Crippen molar-refractivity contribution in [2.75, 3.05) is 7.05 Å². The standard InChI is InChI=1S/C24H30FN3O5.Na/c1-14(2)22-20(11-10-18(29)12-19(30)13-21(31)32)28(17-6-4-15(25)5-7-17)26-23(22)24(33)27(3)16-8-9-16;/h4-7,10-11,14,16,18-19,29-30H,8-9,12-13H2,1-3H3,(H,31,32);/q;+1/p-1/t18-,19+;/m0./s1. The topological polar surface area (TPSA) is 119 Å². The molecule has 178 valence electrons. The van der Waals surface area contributed by atoms with Crippen LogP contribution in [0.1, 0.15) is 67.2 Å². The van der Waals surface area contributed by atoms with Crippen LogP contribution in [0.25, 0.3) is 11.8 Å². The number of carboxylic acids is 1. The zero-order valence-corrected chi connectivity index (χ0v) is 21.9. The number of amides is 1. The van der Waals surface area contributed by atoms with Gasteiger partial charge < -0.3 is 25.0 Å². The minimum Gasteiger partial charge on any atom is -0.550 e. The van der Waals surface area contributed by atoms with Gasteiger partial charge in [-0.2, -0.15) is 5.10 Å². The van der Waals surface area contributed by atoms with Gasteiger partial charge in [0.1, 0.15) is 5.82 Å². The maximum absolute atomic E-state index is 13.5. The maximum Gasteiger partial charge on any atom is 1.00 e. The molecule has 1 amide bonds. The Balaban J connectivity index is 0.00000408. The van der Waals surface area contributed by atoms with Gasteiger partial charge in [0.25, 0.3) is 5.91 Å². The summed E-state index contributed by atoms with van der Waals surface area (Å²) < 4.78 is 15.0. The van der Waals surface area contributed by atoms with Crippen LogP contribution >= 0.6 is 0 Å². The molecule has 1 heterocycles. The van der Waals surface area contributed by atoms with Gasteiger partial charge in [0.05, 0.1) is 23.6 Å². The summed E-state index contributed by atoms with van der Waals surface area (Å²) in [6.45, 7) is 3.86. The van der Waals surface area contributed by atoms with Gasteiger partial charge in [0.2, 0.25) is 0 Å². The van der Waals surface area contributed by atoms with Gasteiger partial charge >= 0.3 is 29.6 Å². The predicted molar refractivity (Wildman–Crippen MR) is 118 cm³/mol. The van der Waals surface area contributed by atoms with E-state index in [1.807, 2.05) is 13.8 Å². The Hall–Kier alpha value is -2.04. The van der Waals surface area contributed by atoms with Crippen molar-refractivity contribution >= 4 is 18.0 Å². The number of aliphatic hydroxyl groups excluding tert-OH is 2. The van der Waals surface area contributed by atoms with Gasteiger partial charge in [-0.05, 0) is 49.1 Å². The second kappa shape index (κ2) is 12.1. The van der Waals surface area contributed by atoms with E-state index in [4.69, 9.17) is 0 Å². The van der Waals surface area contributed by atoms with E-state index in [1.165, 1.54) is 22.9 Å². The molecule has 2 atom stereocenters. The van der Waals surface area contributed by atoms with Crippen molar-refractivity contribution in [2.45, 2.75) is 63.7 Å². The van der Waals surface area contributed by atoms with E-state index in [0.717, 1.165) is 12.8 Å². The smallest absolute Gasteiger partial charge is 0.550 e. The molecule has 1 aliphatic carbocycles. The molecule has 1 aromatic carbocycles. The summed E-state index contributed by atoms with van der Waals surface area (Å²) in [6, 6.07) is 5.87. The van der Waals surface area contributed by atoms with Crippen LogP contribution in [-0.4, -0.2) is 62.1 Å². The molecule has 8 nitrogen and oxygen atoms in total. The zero-order valence-electron chi connectivity index (χ0n) is 19.9. The maximum atomic E-state index is 13.5. The molecule has 0 bridgehead atoms. The number of hydrogen-bond acceptors (Lipinski definition) is 6. The molecule has 0 unspecified atom stereocenters. The van der Waals surface area contributed by atoms with Gasteiger partial charge in [-0.25, -0.2) is 9.07 Å². The van der Waals surface area contributed by atoms with Gasteiger partial charge in [-0.1, -0.05) is 19.9 Å². The molecule has 34 heavy (non-hydrogen) atoms. The summed E-state index contributed by atoms with van der Waals surface area (Å²) in [7, 11) is 1.75. The number of nitrogens with zero attached hydrogens (tertiary/aromatic N) is 3. The monoisotopic (exact) mass is 481 g/mol. The van der Waals surface area contributed by atoms with Crippen molar-refractivity contribution < 1.29 is 58.9 Å². The first kappa shape index (κ1) is 28.2. The summed E-state index contributed by atoms with van der Waals surface area (Å²) in [5.74, 6) is -2.11. The summed E-state index contributed by atoms with van der Waals surface area (Å²) in [5, 5.41) is 35.3. The third-order valence-corrected chi connectivity index (χ3v) is 5.62. The molecule has 0 radical (unpaired) electrons. The van der Waals surface area contributed by atoms with Crippen molar-refractivity contribution in [3.05, 3.63) is 53.1 Å². The summed E-state index contributed by atoms with van der Waals surface area (Å²) in [5.41, 5.74) is 2.04. The Labute approximate surface area is 220 Å². The van der Waals surface area contributed by atoms with Gasteiger partial charge in [0, 0.05) is 37.5 Å². The summed E-state index contributed by atoms with van der Waals surface area (Å²) >= 11 is 0. The van der Waals surface area contributed by atoms with Gasteiger partial charge in [-0.15, -0.1) is 0 Å². The van der Waals surface area contributed by atoms with Crippen LogP contribution in [0.4, 0.5) is 4.39 Å². The molecule has 1 aliphatic rings. The third-order valence-electron chi connectivity index (χ3n) is 5.62. The second-order valence-corrected chi connectivity index (χ2v) is 8.73. The van der Waals surface area contributed by atoms with Crippen molar-refractivity contribution in [1.82, 2.24) is 14.7 Å². The Morgan fingerprint density at radius 2 is 1.88 bits per heavy atom. The first-order valence-electron chi connectivity index (χ1n) is 11.0. The quantitative estimate of drug-likeness (QED) is 0.405. The van der Waals surface area contributed by atoms with Crippen LogP contribution in [0.3, 0.4) is 0 Å². The predicted octanol–water partition coefficient (Wildman–Crippen LogP) is -1.36. The Bertz CT molecular complexity index is 1030. The number of carboxylic acid groups (broad SMARTS) is 1. The normalized spacial score (nSPS) is 15.3. The summed E-state index contributed by atoms with van der Waals surface area (Å²) in [6.07, 6.45) is 1.74. The Morgan fingerprint density at radius 3 is 2.41 bits per heavy atom. The van der Waals surface area contributed by atoms with Crippen molar-refractivity contribution in [3.63, 3.8) is 0 Å².